The summed E-state index contributed by atoms with van der Waals surface area (Å²) in [5.41, 5.74) is -1.05. The molecule has 4 rings (SSSR count). The van der Waals surface area contributed by atoms with Crippen molar-refractivity contribution in [2.45, 2.75) is 12.8 Å². The zero-order valence-electron chi connectivity index (χ0n) is 16.3. The van der Waals surface area contributed by atoms with E-state index in [1.165, 1.54) is 6.20 Å². The molecule has 1 saturated heterocycles. The molecule has 1 aromatic carbocycles. The molecule has 31 heavy (non-hydrogen) atoms. The van der Waals surface area contributed by atoms with Crippen molar-refractivity contribution in [2.75, 3.05) is 25.0 Å². The molecule has 1 fully saturated rings. The van der Waals surface area contributed by atoms with Crippen molar-refractivity contribution in [1.82, 2.24) is 14.7 Å². The number of anilines is 1. The van der Waals surface area contributed by atoms with E-state index in [4.69, 9.17) is 4.74 Å². The fraction of sp³-hybridized carbons (Fsp3) is 0.286. The molecule has 0 spiro atoms. The number of ether oxygens (including phenoxy) is 1. The van der Waals surface area contributed by atoms with Crippen LogP contribution in [0.3, 0.4) is 0 Å². The van der Waals surface area contributed by atoms with Crippen molar-refractivity contribution in [3.8, 4) is 16.3 Å². The topological polar surface area (TPSA) is 76.1 Å². The van der Waals surface area contributed by atoms with Crippen molar-refractivity contribution in [3.63, 3.8) is 0 Å². The first-order valence-corrected chi connectivity index (χ1v) is 10.5. The van der Waals surface area contributed by atoms with Gasteiger partial charge < -0.3 is 15.4 Å². The number of pyridine rings is 1. The molecule has 0 aliphatic carbocycles. The predicted octanol–water partition coefficient (Wildman–Crippen LogP) is 4.25. The number of nitrogens with one attached hydrogen (secondary N) is 2. The summed E-state index contributed by atoms with van der Waals surface area (Å²) in [4.78, 5) is 16.5. The predicted molar refractivity (Wildman–Crippen MR) is 111 cm³/mol. The lowest BCUT2D eigenvalue weighted by Gasteiger charge is -2.22. The summed E-state index contributed by atoms with van der Waals surface area (Å²) in [5, 5.41) is 6.37. The van der Waals surface area contributed by atoms with Crippen LogP contribution in [0, 0.1) is 23.4 Å². The third kappa shape index (κ3) is 4.86. The molecule has 1 atom stereocenters. The second-order valence-electron chi connectivity index (χ2n) is 7.13. The van der Waals surface area contributed by atoms with Crippen LogP contribution in [-0.4, -0.2) is 35.0 Å². The highest BCUT2D eigenvalue weighted by Crippen LogP contribution is 2.31. The van der Waals surface area contributed by atoms with Crippen molar-refractivity contribution in [2.24, 2.45) is 5.92 Å². The Labute approximate surface area is 180 Å². The Morgan fingerprint density at radius 3 is 2.74 bits per heavy atom. The molecular weight excluding hydrogens is 429 g/mol. The minimum atomic E-state index is -0.973. The number of rotatable bonds is 6. The van der Waals surface area contributed by atoms with Crippen molar-refractivity contribution < 1.29 is 22.7 Å². The van der Waals surface area contributed by atoms with E-state index in [9.17, 15) is 18.0 Å². The Hall–Kier alpha value is -2.98. The number of carbonyl (C=O) groups excluding carboxylic acids is 1. The average molecular weight is 448 g/mol. The van der Waals surface area contributed by atoms with Crippen LogP contribution in [0.2, 0.25) is 0 Å². The van der Waals surface area contributed by atoms with Gasteiger partial charge in [0, 0.05) is 24.0 Å². The fourth-order valence-corrected chi connectivity index (χ4v) is 3.91. The van der Waals surface area contributed by atoms with E-state index < -0.39 is 34.6 Å². The third-order valence-electron chi connectivity index (χ3n) is 4.91. The van der Waals surface area contributed by atoms with Crippen LogP contribution in [-0.2, 0) is 0 Å². The van der Waals surface area contributed by atoms with Gasteiger partial charge in [0.25, 0.3) is 5.91 Å². The summed E-state index contributed by atoms with van der Waals surface area (Å²) < 4.78 is 52.2. The maximum absolute atomic E-state index is 14.2. The number of hydrogen-bond acceptors (Lipinski definition) is 6. The first kappa shape index (κ1) is 21.3. The smallest absolute Gasteiger partial charge is 0.274 e. The molecule has 1 aliphatic heterocycles. The molecule has 1 aliphatic rings. The van der Waals surface area contributed by atoms with E-state index in [1.54, 1.807) is 0 Å². The standard InChI is InChI=1S/C21H19F3N4O2S/c22-13-4-1-5-14(23)18(13)19-15(24)6-7-16(27-19)20(29)28-17-10-26-31-21(17)30-11-12-3-2-8-25-9-12/h1,4-7,10,12,25H,2-3,8-9,11H2,(H,28,29). The summed E-state index contributed by atoms with van der Waals surface area (Å²) in [6, 6.07) is 5.24. The Balaban J connectivity index is 1.50. The Morgan fingerprint density at radius 1 is 1.19 bits per heavy atom. The lowest BCUT2D eigenvalue weighted by Crippen LogP contribution is -2.33. The zero-order valence-corrected chi connectivity index (χ0v) is 17.1. The summed E-state index contributed by atoms with van der Waals surface area (Å²) >= 11 is 1.09. The van der Waals surface area contributed by atoms with E-state index >= 15 is 0 Å². The quantitative estimate of drug-likeness (QED) is 0.590. The fourth-order valence-electron chi connectivity index (χ4n) is 3.33. The number of piperidine rings is 1. The van der Waals surface area contributed by atoms with Gasteiger partial charge in [-0.3, -0.25) is 4.79 Å². The van der Waals surface area contributed by atoms with Gasteiger partial charge >= 0.3 is 0 Å². The van der Waals surface area contributed by atoms with Crippen LogP contribution in [0.25, 0.3) is 11.3 Å². The van der Waals surface area contributed by atoms with Gasteiger partial charge in [-0.25, -0.2) is 18.2 Å². The maximum Gasteiger partial charge on any atom is 0.274 e. The molecule has 10 heteroatoms. The second kappa shape index (κ2) is 9.44. The zero-order chi connectivity index (χ0) is 21.8. The molecule has 1 amide bonds. The van der Waals surface area contributed by atoms with E-state index in [-0.39, 0.29) is 5.69 Å². The minimum Gasteiger partial charge on any atom is -0.481 e. The van der Waals surface area contributed by atoms with Crippen LogP contribution in [0.15, 0.2) is 36.5 Å². The highest BCUT2D eigenvalue weighted by molar-refractivity contribution is 7.08. The van der Waals surface area contributed by atoms with Gasteiger partial charge in [-0.2, -0.15) is 4.37 Å². The monoisotopic (exact) mass is 448 g/mol. The largest absolute Gasteiger partial charge is 0.481 e. The molecule has 0 radical (unpaired) electrons. The van der Waals surface area contributed by atoms with Crippen molar-refractivity contribution in [1.29, 1.82) is 0 Å². The molecule has 3 aromatic rings. The van der Waals surface area contributed by atoms with E-state index in [1.807, 2.05) is 0 Å². The minimum absolute atomic E-state index is 0.201. The second-order valence-corrected chi connectivity index (χ2v) is 7.89. The van der Waals surface area contributed by atoms with Crippen molar-refractivity contribution in [3.05, 3.63) is 59.7 Å². The Kier molecular flexibility index (Phi) is 6.47. The maximum atomic E-state index is 14.2. The van der Waals surface area contributed by atoms with Crippen LogP contribution in [0.4, 0.5) is 18.9 Å². The number of amides is 1. The molecule has 0 saturated carbocycles. The summed E-state index contributed by atoms with van der Waals surface area (Å²) in [6.45, 7) is 2.36. The van der Waals surface area contributed by atoms with E-state index in [0.29, 0.717) is 23.3 Å². The first-order valence-electron chi connectivity index (χ1n) is 9.73. The number of aromatic nitrogens is 2. The van der Waals surface area contributed by atoms with Gasteiger partial charge in [-0.15, -0.1) is 0 Å². The van der Waals surface area contributed by atoms with Gasteiger partial charge in [-0.05, 0) is 43.7 Å². The first-order chi connectivity index (χ1) is 15.0. The average Bonchev–Trinajstić information content (AvgIpc) is 3.21. The van der Waals surface area contributed by atoms with Crippen LogP contribution in [0.5, 0.6) is 5.06 Å². The molecule has 2 aromatic heterocycles. The Morgan fingerprint density at radius 2 is 2.00 bits per heavy atom. The number of halogens is 3. The van der Waals surface area contributed by atoms with Crippen LogP contribution < -0.4 is 15.4 Å². The van der Waals surface area contributed by atoms with Gasteiger partial charge in [0.15, 0.2) is 0 Å². The molecule has 2 N–H and O–H groups in total. The lowest BCUT2D eigenvalue weighted by molar-refractivity contribution is 0.102. The van der Waals surface area contributed by atoms with Gasteiger partial charge in [-0.1, -0.05) is 6.07 Å². The number of benzene rings is 1. The van der Waals surface area contributed by atoms with E-state index in [2.05, 4.69) is 20.0 Å². The lowest BCUT2D eigenvalue weighted by atomic mass is 10.0. The van der Waals surface area contributed by atoms with Gasteiger partial charge in [0.05, 0.1) is 18.4 Å². The molecular formula is C21H19F3N4O2S. The third-order valence-corrected chi connectivity index (χ3v) is 5.63. The van der Waals surface area contributed by atoms with E-state index in [0.717, 1.165) is 67.8 Å². The molecule has 6 nitrogen and oxygen atoms in total. The van der Waals surface area contributed by atoms with Crippen molar-refractivity contribution >= 4 is 23.1 Å². The summed E-state index contributed by atoms with van der Waals surface area (Å²) in [5.74, 6) is -3.20. The number of nitrogens with zero attached hydrogens (tertiary/aromatic N) is 2. The highest BCUT2D eigenvalue weighted by Gasteiger charge is 2.21. The summed E-state index contributed by atoms with van der Waals surface area (Å²) in [6.07, 6.45) is 3.59. The molecule has 1 unspecified atom stereocenters. The highest BCUT2D eigenvalue weighted by atomic mass is 32.1. The van der Waals surface area contributed by atoms with Crippen LogP contribution in [0.1, 0.15) is 23.3 Å². The summed E-state index contributed by atoms with van der Waals surface area (Å²) in [7, 11) is 0. The van der Waals surface area contributed by atoms with Crippen LogP contribution >= 0.6 is 11.5 Å². The molecule has 0 bridgehead atoms. The molecule has 3 heterocycles. The Bertz CT molecular complexity index is 1070. The van der Waals surface area contributed by atoms with Gasteiger partial charge in [0.2, 0.25) is 5.06 Å². The molecule has 162 valence electrons. The number of carbonyl (C=O) groups is 1. The number of hydrogen-bond donors (Lipinski definition) is 2. The SMILES string of the molecule is O=C(Nc1cnsc1OCC1CCCNC1)c1ccc(F)c(-c2c(F)cccc2F)n1. The van der Waals surface area contributed by atoms with Gasteiger partial charge in [0.1, 0.15) is 34.5 Å². The normalized spacial score (nSPS) is 16.2.